The summed E-state index contributed by atoms with van der Waals surface area (Å²) in [6.45, 7) is 5.84. The molecule has 0 saturated heterocycles. The third-order valence-electron chi connectivity index (χ3n) is 0.341. The van der Waals surface area contributed by atoms with Gasteiger partial charge in [0.2, 0.25) is 0 Å². The molecule has 19 heavy (non-hydrogen) atoms. The molecular weight excluding hydrogens is 260 g/mol. The highest BCUT2D eigenvalue weighted by molar-refractivity contribution is 5.68. The number of aliphatic hydroxyl groups excluding tert-OH is 1. The van der Waals surface area contributed by atoms with Crippen molar-refractivity contribution in [3.05, 3.63) is 0 Å². The Morgan fingerprint density at radius 3 is 0.947 bits per heavy atom. The van der Waals surface area contributed by atoms with Crippen molar-refractivity contribution in [3.8, 4) is 0 Å². The van der Waals surface area contributed by atoms with Crippen LogP contribution in [0.25, 0.3) is 0 Å². The highest BCUT2D eigenvalue weighted by Gasteiger charge is 1.89. The molecule has 0 radical (unpaired) electrons. The van der Waals surface area contributed by atoms with Crippen LogP contribution in [0, 0.1) is 0 Å². The van der Waals surface area contributed by atoms with Crippen molar-refractivity contribution >= 4 is 5.97 Å². The van der Waals surface area contributed by atoms with Crippen LogP contribution >= 0.6 is 0 Å². The molecule has 1 atom stereocenters. The van der Waals surface area contributed by atoms with Crippen molar-refractivity contribution in [1.82, 2.24) is 24.6 Å². The van der Waals surface area contributed by atoms with E-state index in [0.29, 0.717) is 0 Å². The molecule has 1 unspecified atom stereocenters. The van der Waals surface area contributed by atoms with E-state index in [1.807, 2.05) is 0 Å². The molecule has 0 saturated carbocycles. The number of carbonyl (C=O) groups is 1. The van der Waals surface area contributed by atoms with Gasteiger partial charge in [0.1, 0.15) is 0 Å². The molecule has 10 nitrogen and oxygen atoms in total. The second-order valence-corrected chi connectivity index (χ2v) is 1.86. The molecule has 0 fully saturated rings. The minimum absolute atomic E-state index is 0. The maximum atomic E-state index is 9.34. The van der Waals surface area contributed by atoms with Crippen LogP contribution in [0.15, 0.2) is 0 Å². The lowest BCUT2D eigenvalue weighted by molar-refractivity contribution is -0.362. The van der Waals surface area contributed by atoms with E-state index in [2.05, 4.69) is 0 Å². The Labute approximate surface area is 115 Å². The summed E-state index contributed by atoms with van der Waals surface area (Å²) < 4.78 is 0. The van der Waals surface area contributed by atoms with E-state index in [9.17, 15) is 9.90 Å². The topological polar surface area (TPSA) is 276 Å². The summed E-state index contributed by atoms with van der Waals surface area (Å²) in [6, 6.07) is 0. The van der Waals surface area contributed by atoms with Crippen molar-refractivity contribution < 1.29 is 30.3 Å². The number of aliphatic carboxylic acids is 1. The van der Waals surface area contributed by atoms with E-state index in [4.69, 9.17) is 20.4 Å². The van der Waals surface area contributed by atoms with Crippen LogP contribution in [0.5, 0.6) is 0 Å². The van der Waals surface area contributed by atoms with Crippen LogP contribution in [-0.2, 0) is 4.79 Å². The molecule has 0 aliphatic rings. The Morgan fingerprint density at radius 1 is 0.895 bits per heavy atom. The quantitative estimate of drug-likeness (QED) is 0.354. The maximum Gasteiger partial charge on any atom is 0.0905 e. The molecule has 0 bridgehead atoms. The molecule has 0 amide bonds. The minimum Gasteiger partial charge on any atom is -0.855 e. The Kier molecular flexibility index (Phi) is 184. The molecular formula is C9H36N4O6. The number of carboxylic acid groups (broad SMARTS) is 1. The monoisotopic (exact) mass is 296 g/mol. The van der Waals surface area contributed by atoms with Gasteiger partial charge in [-0.1, -0.05) is 20.8 Å². The third-order valence-corrected chi connectivity index (χ3v) is 0.341. The van der Waals surface area contributed by atoms with Crippen LogP contribution in [-0.4, -0.2) is 37.0 Å². The van der Waals surface area contributed by atoms with Gasteiger partial charge in [-0.25, -0.2) is 0 Å². The van der Waals surface area contributed by atoms with Gasteiger partial charge in [0.25, 0.3) is 0 Å². The van der Waals surface area contributed by atoms with Crippen LogP contribution in [0.4, 0.5) is 0 Å². The fourth-order valence-electron chi connectivity index (χ4n) is 0. The van der Waals surface area contributed by atoms with E-state index >= 15 is 0 Å². The number of hydrogen-bond donors (Lipinski definition) is 5. The maximum absolute atomic E-state index is 9.34. The van der Waals surface area contributed by atoms with Crippen LogP contribution in [0.2, 0.25) is 0 Å². The van der Waals surface area contributed by atoms with Gasteiger partial charge in [0.15, 0.2) is 0 Å². The second kappa shape index (κ2) is 67.3. The summed E-state index contributed by atoms with van der Waals surface area (Å²) in [4.78, 5) is 9.34. The predicted octanol–water partition coefficient (Wildman–Crippen LogP) is -2.28. The van der Waals surface area contributed by atoms with Crippen molar-refractivity contribution in [3.63, 3.8) is 0 Å². The first-order valence-electron chi connectivity index (χ1n) is 4.52. The number of aliphatic hydroxyl groups is 1. The van der Waals surface area contributed by atoms with E-state index in [-0.39, 0.29) is 44.4 Å². The van der Waals surface area contributed by atoms with Crippen LogP contribution in [0.3, 0.4) is 0 Å². The minimum atomic E-state index is -1.44. The van der Waals surface area contributed by atoms with Crippen LogP contribution < -0.4 is 45.0 Å². The number of hydrogen-bond acceptors (Lipinski definition) is 6. The van der Waals surface area contributed by atoms with Crippen LogP contribution in [0.1, 0.15) is 27.7 Å². The standard InChI is InChI=1S/C3H6O3.3C2H5O.4H3N/c1-2(4)3(5)6;3*1-2-3;;;;/h2,4H,1H3,(H,5,6);3*2H2,1H3;4*1H3/q;3*-1;;;;/p+3. The van der Waals surface area contributed by atoms with E-state index < -0.39 is 12.1 Å². The summed E-state index contributed by atoms with van der Waals surface area (Å²) in [5.41, 5.74) is 0. The number of rotatable bonds is 1. The molecule has 10 heteroatoms. The molecule has 17 N–H and O–H groups in total. The highest BCUT2D eigenvalue weighted by Crippen LogP contribution is 1.69. The zero-order valence-electron chi connectivity index (χ0n) is 13.7. The van der Waals surface area contributed by atoms with E-state index in [1.54, 1.807) is 20.8 Å². The van der Waals surface area contributed by atoms with Crippen molar-refractivity contribution in [2.24, 2.45) is 0 Å². The summed E-state index contributed by atoms with van der Waals surface area (Å²) in [7, 11) is 0. The summed E-state index contributed by atoms with van der Waals surface area (Å²) in [5.74, 6) is -1.44. The Bertz CT molecular complexity index is 104. The zero-order chi connectivity index (χ0) is 13.3. The van der Waals surface area contributed by atoms with E-state index in [0.717, 1.165) is 6.92 Å². The molecule has 0 aliphatic carbocycles. The molecule has 0 aliphatic heterocycles. The first-order chi connectivity index (χ1) is 6.89. The predicted molar refractivity (Wildman–Crippen MR) is 72.3 cm³/mol. The van der Waals surface area contributed by atoms with Crippen molar-refractivity contribution in [1.29, 1.82) is 0 Å². The van der Waals surface area contributed by atoms with Gasteiger partial charge in [0, 0.05) is 0 Å². The molecule has 0 aromatic carbocycles. The third kappa shape index (κ3) is 397. The second-order valence-electron chi connectivity index (χ2n) is 1.86. The molecule has 0 aromatic rings. The molecule has 0 heterocycles. The Balaban J connectivity index is -0.0000000139. The van der Waals surface area contributed by atoms with Gasteiger partial charge in [-0.2, -0.15) is 0 Å². The summed E-state index contributed by atoms with van der Waals surface area (Å²) in [6.07, 6.45) is -1.34. The lowest BCUT2D eigenvalue weighted by atomic mass is 10.4. The van der Waals surface area contributed by atoms with Gasteiger partial charge in [-0.05, 0) is 6.92 Å². The molecule has 0 spiro atoms. The Morgan fingerprint density at radius 2 is 0.947 bits per heavy atom. The zero-order valence-corrected chi connectivity index (χ0v) is 13.7. The Hall–Kier alpha value is -0.850. The first kappa shape index (κ1) is 51.8. The number of carbonyl (C=O) groups excluding carboxylic acids is 1. The smallest absolute Gasteiger partial charge is 0.0905 e. The SMILES string of the molecule is CC(O)C(=O)[O-].CC[O-].CC[O-].CC[O-].[NH4+].[NH4+].[NH4+].[NH4+]. The lowest BCUT2D eigenvalue weighted by Gasteiger charge is -2.00. The van der Waals surface area contributed by atoms with Crippen molar-refractivity contribution in [2.45, 2.75) is 33.8 Å². The van der Waals surface area contributed by atoms with Gasteiger partial charge >= 0.3 is 0 Å². The molecule has 0 rings (SSSR count). The van der Waals surface area contributed by atoms with Gasteiger partial charge < -0.3 is 54.9 Å². The fraction of sp³-hybridized carbons (Fsp3) is 0.889. The van der Waals surface area contributed by atoms with Gasteiger partial charge in [0.05, 0.1) is 12.1 Å². The highest BCUT2D eigenvalue weighted by atomic mass is 16.4. The molecule has 128 valence electrons. The largest absolute Gasteiger partial charge is 0.855 e. The van der Waals surface area contributed by atoms with Crippen molar-refractivity contribution in [2.75, 3.05) is 19.8 Å². The van der Waals surface area contributed by atoms with Gasteiger partial charge in [-0.3, -0.25) is 0 Å². The fourth-order valence-corrected chi connectivity index (χ4v) is 0. The molecule has 0 aromatic heterocycles. The summed E-state index contributed by atoms with van der Waals surface area (Å²) in [5, 5.41) is 44.1. The number of quaternary nitrogens is 4. The normalized spacial score (nSPS) is 7.16. The van der Waals surface area contributed by atoms with E-state index in [1.165, 1.54) is 0 Å². The summed E-state index contributed by atoms with van der Waals surface area (Å²) >= 11 is 0. The lowest BCUT2D eigenvalue weighted by Crippen LogP contribution is -2.32. The van der Waals surface area contributed by atoms with Gasteiger partial charge in [-0.15, -0.1) is 19.8 Å². The average molecular weight is 296 g/mol. The first-order valence-corrected chi connectivity index (χ1v) is 4.52. The average Bonchev–Trinajstić information content (AvgIpc) is 2.07. The number of carboxylic acids is 1.